The van der Waals surface area contributed by atoms with Crippen LogP contribution in [0.25, 0.3) is 0 Å². The molecular formula is C11H20O3. The van der Waals surface area contributed by atoms with Gasteiger partial charge in [-0.3, -0.25) is 4.79 Å². The van der Waals surface area contributed by atoms with Crippen LogP contribution < -0.4 is 0 Å². The number of ether oxygens (including phenoxy) is 2. The molecule has 0 spiro atoms. The Morgan fingerprint density at radius 3 is 2.71 bits per heavy atom. The number of carbonyl (C=O) groups excluding carboxylic acids is 1. The van der Waals surface area contributed by atoms with Gasteiger partial charge in [-0.15, -0.1) is 0 Å². The minimum absolute atomic E-state index is 0.0367. The van der Waals surface area contributed by atoms with E-state index in [-0.39, 0.29) is 12.1 Å². The van der Waals surface area contributed by atoms with Gasteiger partial charge < -0.3 is 9.47 Å². The third-order valence-corrected chi connectivity index (χ3v) is 2.45. The van der Waals surface area contributed by atoms with E-state index in [4.69, 9.17) is 9.47 Å². The van der Waals surface area contributed by atoms with Gasteiger partial charge in [0.05, 0.1) is 13.2 Å². The fraction of sp³-hybridized carbons (Fsp3) is 0.909. The van der Waals surface area contributed by atoms with Gasteiger partial charge in [0.15, 0.2) is 0 Å². The van der Waals surface area contributed by atoms with Crippen molar-refractivity contribution in [3.8, 4) is 0 Å². The highest BCUT2D eigenvalue weighted by Gasteiger charge is 2.17. The Hall–Kier alpha value is -0.570. The molecule has 0 aliphatic carbocycles. The highest BCUT2D eigenvalue weighted by Crippen LogP contribution is 2.12. The minimum Gasteiger partial charge on any atom is -0.462 e. The largest absolute Gasteiger partial charge is 0.462 e. The number of carbonyl (C=O) groups is 1. The van der Waals surface area contributed by atoms with Crippen LogP contribution in [0, 0.1) is 0 Å². The Morgan fingerprint density at radius 2 is 2.07 bits per heavy atom. The normalized spacial score (nSPS) is 18.1. The molecule has 1 saturated heterocycles. The lowest BCUT2D eigenvalue weighted by molar-refractivity contribution is -0.153. The minimum atomic E-state index is -0.0367. The molecule has 1 heterocycles. The highest BCUT2D eigenvalue weighted by atomic mass is 16.5. The van der Waals surface area contributed by atoms with Crippen LogP contribution >= 0.6 is 0 Å². The molecule has 0 aromatic heterocycles. The molecule has 1 aliphatic rings. The average Bonchev–Trinajstić information content (AvgIpc) is 2.20. The summed E-state index contributed by atoms with van der Waals surface area (Å²) < 4.78 is 10.5. The van der Waals surface area contributed by atoms with E-state index in [1.807, 2.05) is 0 Å². The van der Waals surface area contributed by atoms with E-state index in [1.165, 1.54) is 0 Å². The van der Waals surface area contributed by atoms with Gasteiger partial charge in [-0.2, -0.15) is 0 Å². The Balaban J connectivity index is 2.06. The molecule has 0 unspecified atom stereocenters. The lowest BCUT2D eigenvalue weighted by atomic mass is 10.1. The van der Waals surface area contributed by atoms with Crippen LogP contribution in [-0.4, -0.2) is 25.3 Å². The summed E-state index contributed by atoms with van der Waals surface area (Å²) in [4.78, 5) is 11.3. The number of hydrogen-bond donors (Lipinski definition) is 0. The first kappa shape index (κ1) is 11.5. The van der Waals surface area contributed by atoms with Gasteiger partial charge in [-0.05, 0) is 6.42 Å². The van der Waals surface area contributed by atoms with Gasteiger partial charge in [-0.25, -0.2) is 0 Å². The van der Waals surface area contributed by atoms with Crippen molar-refractivity contribution in [2.75, 3.05) is 13.2 Å². The summed E-state index contributed by atoms with van der Waals surface area (Å²) in [6.45, 7) is 3.59. The third-order valence-electron chi connectivity index (χ3n) is 2.45. The van der Waals surface area contributed by atoms with Crippen molar-refractivity contribution in [2.45, 2.75) is 51.6 Å². The molecule has 3 heteroatoms. The van der Waals surface area contributed by atoms with E-state index in [1.54, 1.807) is 0 Å². The second kappa shape index (κ2) is 6.82. The maximum absolute atomic E-state index is 11.3. The molecule has 0 radical (unpaired) electrons. The van der Waals surface area contributed by atoms with E-state index in [2.05, 4.69) is 6.92 Å². The van der Waals surface area contributed by atoms with Crippen molar-refractivity contribution >= 4 is 5.97 Å². The summed E-state index contributed by atoms with van der Waals surface area (Å²) in [5.74, 6) is -0.0367. The maximum atomic E-state index is 11.3. The summed E-state index contributed by atoms with van der Waals surface area (Å²) in [6, 6.07) is 0. The lowest BCUT2D eigenvalue weighted by Gasteiger charge is -2.22. The van der Waals surface area contributed by atoms with Gasteiger partial charge in [0, 0.05) is 19.3 Å². The summed E-state index contributed by atoms with van der Waals surface area (Å²) in [5, 5.41) is 0. The van der Waals surface area contributed by atoms with Crippen LogP contribution in [0.15, 0.2) is 0 Å². The zero-order valence-electron chi connectivity index (χ0n) is 8.96. The predicted molar refractivity (Wildman–Crippen MR) is 54.1 cm³/mol. The van der Waals surface area contributed by atoms with Gasteiger partial charge in [0.2, 0.25) is 0 Å². The molecule has 0 saturated carbocycles. The molecule has 0 bridgehead atoms. The van der Waals surface area contributed by atoms with Crippen molar-refractivity contribution in [3.05, 3.63) is 0 Å². The van der Waals surface area contributed by atoms with Crippen LogP contribution in [0.2, 0.25) is 0 Å². The highest BCUT2D eigenvalue weighted by molar-refractivity contribution is 5.69. The van der Waals surface area contributed by atoms with Gasteiger partial charge >= 0.3 is 5.97 Å². The number of esters is 1. The van der Waals surface area contributed by atoms with Crippen LogP contribution in [0.5, 0.6) is 0 Å². The Kier molecular flexibility index (Phi) is 5.60. The standard InChI is InChI=1S/C11H20O3/c1-2-3-4-5-11(12)14-10-6-8-13-9-7-10/h10H,2-9H2,1H3. The number of unbranched alkanes of at least 4 members (excludes halogenated alkanes) is 2. The summed E-state index contributed by atoms with van der Waals surface area (Å²) >= 11 is 0. The average molecular weight is 200 g/mol. The quantitative estimate of drug-likeness (QED) is 0.504. The first-order chi connectivity index (χ1) is 6.83. The fourth-order valence-electron chi connectivity index (χ4n) is 1.56. The van der Waals surface area contributed by atoms with Gasteiger partial charge in [0.25, 0.3) is 0 Å². The molecular weight excluding hydrogens is 180 g/mol. The topological polar surface area (TPSA) is 35.5 Å². The third kappa shape index (κ3) is 4.61. The first-order valence-electron chi connectivity index (χ1n) is 5.60. The molecule has 0 aromatic rings. The smallest absolute Gasteiger partial charge is 0.306 e. The zero-order valence-corrected chi connectivity index (χ0v) is 8.96. The van der Waals surface area contributed by atoms with E-state index in [0.717, 1.165) is 45.3 Å². The molecule has 0 aromatic carbocycles. The van der Waals surface area contributed by atoms with Crippen LogP contribution in [-0.2, 0) is 14.3 Å². The number of hydrogen-bond acceptors (Lipinski definition) is 3. The molecule has 1 aliphatic heterocycles. The summed E-state index contributed by atoms with van der Waals surface area (Å²) in [7, 11) is 0. The summed E-state index contributed by atoms with van der Waals surface area (Å²) in [6.07, 6.45) is 5.62. The number of rotatable bonds is 5. The van der Waals surface area contributed by atoms with Crippen LogP contribution in [0.1, 0.15) is 45.4 Å². The van der Waals surface area contributed by atoms with Gasteiger partial charge in [-0.1, -0.05) is 19.8 Å². The van der Waals surface area contributed by atoms with Crippen molar-refractivity contribution in [1.29, 1.82) is 0 Å². The second-order valence-corrected chi connectivity index (χ2v) is 3.76. The molecule has 14 heavy (non-hydrogen) atoms. The summed E-state index contributed by atoms with van der Waals surface area (Å²) in [5.41, 5.74) is 0. The molecule has 1 fully saturated rings. The maximum Gasteiger partial charge on any atom is 0.306 e. The van der Waals surface area contributed by atoms with Crippen molar-refractivity contribution in [3.63, 3.8) is 0 Å². The molecule has 0 atom stereocenters. The SMILES string of the molecule is CCCCCC(=O)OC1CCOCC1. The predicted octanol–water partition coefficient (Wildman–Crippen LogP) is 2.29. The Labute approximate surface area is 85.8 Å². The second-order valence-electron chi connectivity index (χ2n) is 3.76. The zero-order chi connectivity index (χ0) is 10.2. The van der Waals surface area contributed by atoms with E-state index in [0.29, 0.717) is 6.42 Å². The van der Waals surface area contributed by atoms with Crippen molar-refractivity contribution < 1.29 is 14.3 Å². The molecule has 1 rings (SSSR count). The van der Waals surface area contributed by atoms with Gasteiger partial charge in [0.1, 0.15) is 6.10 Å². The van der Waals surface area contributed by atoms with Crippen LogP contribution in [0.4, 0.5) is 0 Å². The lowest BCUT2D eigenvalue weighted by Crippen LogP contribution is -2.25. The Morgan fingerprint density at radius 1 is 1.36 bits per heavy atom. The molecule has 82 valence electrons. The van der Waals surface area contributed by atoms with E-state index >= 15 is 0 Å². The van der Waals surface area contributed by atoms with E-state index < -0.39 is 0 Å². The van der Waals surface area contributed by atoms with E-state index in [9.17, 15) is 4.79 Å². The van der Waals surface area contributed by atoms with Crippen molar-refractivity contribution in [1.82, 2.24) is 0 Å². The van der Waals surface area contributed by atoms with Crippen LogP contribution in [0.3, 0.4) is 0 Å². The fourth-order valence-corrected chi connectivity index (χ4v) is 1.56. The molecule has 0 amide bonds. The first-order valence-corrected chi connectivity index (χ1v) is 5.60. The Bertz CT molecular complexity index is 162. The van der Waals surface area contributed by atoms with Crippen molar-refractivity contribution in [2.24, 2.45) is 0 Å². The molecule has 3 nitrogen and oxygen atoms in total. The molecule has 0 N–H and O–H groups in total. The monoisotopic (exact) mass is 200 g/mol.